The van der Waals surface area contributed by atoms with E-state index < -0.39 is 0 Å². The fourth-order valence-corrected chi connectivity index (χ4v) is 1.92. The van der Waals surface area contributed by atoms with Crippen LogP contribution in [0.4, 0.5) is 0 Å². The van der Waals surface area contributed by atoms with E-state index in [2.05, 4.69) is 24.4 Å². The van der Waals surface area contributed by atoms with Crippen LogP contribution in [0.2, 0.25) is 0 Å². The van der Waals surface area contributed by atoms with Crippen LogP contribution in [0, 0.1) is 11.8 Å². The molecule has 0 aromatic carbocycles. The van der Waals surface area contributed by atoms with Crippen LogP contribution in [0.5, 0.6) is 0 Å². The molecule has 1 aliphatic carbocycles. The van der Waals surface area contributed by atoms with Gasteiger partial charge in [-0.3, -0.25) is 4.79 Å². The van der Waals surface area contributed by atoms with Gasteiger partial charge in [0, 0.05) is 6.54 Å². The van der Waals surface area contributed by atoms with Gasteiger partial charge in [-0.2, -0.15) is 0 Å². The standard InChI is InChI=1S/C13H24N2O.ClH/c1-3-10(2)12(14)13(16)15-9-11-7-5-4-6-8-11;/h4-5,10-12H,3,6-9,14H2,1-2H3,(H,15,16);1H. The summed E-state index contributed by atoms with van der Waals surface area (Å²) in [7, 11) is 0. The van der Waals surface area contributed by atoms with Crippen LogP contribution in [0.25, 0.3) is 0 Å². The topological polar surface area (TPSA) is 55.1 Å². The smallest absolute Gasteiger partial charge is 0.237 e. The van der Waals surface area contributed by atoms with Gasteiger partial charge in [-0.15, -0.1) is 12.4 Å². The van der Waals surface area contributed by atoms with Gasteiger partial charge in [0.25, 0.3) is 0 Å². The summed E-state index contributed by atoms with van der Waals surface area (Å²) < 4.78 is 0. The normalized spacial score (nSPS) is 22.4. The molecule has 4 heteroatoms. The van der Waals surface area contributed by atoms with Crippen LogP contribution in [0.1, 0.15) is 39.5 Å². The molecular weight excluding hydrogens is 236 g/mol. The Morgan fingerprint density at radius 2 is 2.24 bits per heavy atom. The Morgan fingerprint density at radius 1 is 1.53 bits per heavy atom. The van der Waals surface area contributed by atoms with Gasteiger partial charge in [0.15, 0.2) is 0 Å². The number of rotatable bonds is 5. The molecule has 17 heavy (non-hydrogen) atoms. The van der Waals surface area contributed by atoms with E-state index in [9.17, 15) is 4.79 Å². The quantitative estimate of drug-likeness (QED) is 0.745. The molecule has 100 valence electrons. The van der Waals surface area contributed by atoms with Crippen molar-refractivity contribution in [2.45, 2.75) is 45.6 Å². The van der Waals surface area contributed by atoms with Crippen LogP contribution >= 0.6 is 12.4 Å². The Balaban J connectivity index is 0.00000256. The van der Waals surface area contributed by atoms with E-state index in [1.807, 2.05) is 6.92 Å². The number of nitrogens with two attached hydrogens (primary N) is 1. The van der Waals surface area contributed by atoms with Gasteiger partial charge in [0.2, 0.25) is 5.91 Å². The maximum absolute atomic E-state index is 11.7. The number of carbonyl (C=O) groups excluding carboxylic acids is 1. The molecule has 3 atom stereocenters. The van der Waals surface area contributed by atoms with E-state index in [4.69, 9.17) is 5.73 Å². The van der Waals surface area contributed by atoms with Crippen molar-refractivity contribution < 1.29 is 4.79 Å². The highest BCUT2D eigenvalue weighted by atomic mass is 35.5. The van der Waals surface area contributed by atoms with E-state index >= 15 is 0 Å². The fourth-order valence-electron chi connectivity index (χ4n) is 1.92. The van der Waals surface area contributed by atoms with Gasteiger partial charge in [0.05, 0.1) is 6.04 Å². The minimum Gasteiger partial charge on any atom is -0.354 e. The zero-order valence-corrected chi connectivity index (χ0v) is 11.6. The monoisotopic (exact) mass is 260 g/mol. The Morgan fingerprint density at radius 3 is 2.76 bits per heavy atom. The Hall–Kier alpha value is -0.540. The van der Waals surface area contributed by atoms with Gasteiger partial charge in [-0.1, -0.05) is 32.4 Å². The van der Waals surface area contributed by atoms with E-state index in [1.54, 1.807) is 0 Å². The molecule has 0 aromatic heterocycles. The predicted molar refractivity (Wildman–Crippen MR) is 74.2 cm³/mol. The first-order valence-corrected chi connectivity index (χ1v) is 6.33. The lowest BCUT2D eigenvalue weighted by Gasteiger charge is -2.21. The summed E-state index contributed by atoms with van der Waals surface area (Å²) >= 11 is 0. The summed E-state index contributed by atoms with van der Waals surface area (Å²) in [6.07, 6.45) is 8.75. The Labute approximate surface area is 111 Å². The molecule has 0 fully saturated rings. The van der Waals surface area contributed by atoms with Crippen molar-refractivity contribution >= 4 is 18.3 Å². The van der Waals surface area contributed by atoms with E-state index in [0.717, 1.165) is 25.8 Å². The van der Waals surface area contributed by atoms with Crippen molar-refractivity contribution in [2.24, 2.45) is 17.6 Å². The van der Waals surface area contributed by atoms with Crippen LogP contribution < -0.4 is 11.1 Å². The predicted octanol–water partition coefficient (Wildman–Crippen LogP) is 2.25. The number of nitrogens with one attached hydrogen (secondary N) is 1. The van der Waals surface area contributed by atoms with Crippen molar-refractivity contribution in [3.63, 3.8) is 0 Å². The largest absolute Gasteiger partial charge is 0.354 e. The Bertz CT molecular complexity index is 256. The first kappa shape index (κ1) is 16.5. The highest BCUT2D eigenvalue weighted by molar-refractivity contribution is 5.85. The molecule has 0 spiro atoms. The average molecular weight is 261 g/mol. The minimum atomic E-state index is -0.357. The van der Waals surface area contributed by atoms with Crippen LogP contribution in [0.15, 0.2) is 12.2 Å². The SMILES string of the molecule is CCC(C)C(N)C(=O)NCC1CC=CCC1.Cl. The molecule has 0 radical (unpaired) electrons. The average Bonchev–Trinajstić information content (AvgIpc) is 2.35. The highest BCUT2D eigenvalue weighted by Gasteiger charge is 2.20. The number of halogens is 1. The molecule has 1 amide bonds. The third kappa shape index (κ3) is 5.55. The van der Waals surface area contributed by atoms with E-state index in [0.29, 0.717) is 5.92 Å². The van der Waals surface area contributed by atoms with Gasteiger partial charge in [-0.25, -0.2) is 0 Å². The first-order chi connectivity index (χ1) is 7.65. The van der Waals surface area contributed by atoms with Crippen molar-refractivity contribution in [1.29, 1.82) is 0 Å². The zero-order valence-electron chi connectivity index (χ0n) is 10.8. The molecule has 0 heterocycles. The molecule has 3 nitrogen and oxygen atoms in total. The summed E-state index contributed by atoms with van der Waals surface area (Å²) in [4.78, 5) is 11.7. The zero-order chi connectivity index (χ0) is 12.0. The molecule has 0 aliphatic heterocycles. The second-order valence-corrected chi connectivity index (χ2v) is 4.81. The van der Waals surface area contributed by atoms with Crippen LogP contribution in [-0.4, -0.2) is 18.5 Å². The van der Waals surface area contributed by atoms with Gasteiger partial charge < -0.3 is 11.1 Å². The van der Waals surface area contributed by atoms with Gasteiger partial charge in [-0.05, 0) is 31.1 Å². The van der Waals surface area contributed by atoms with Gasteiger partial charge >= 0.3 is 0 Å². The molecule has 0 saturated heterocycles. The molecule has 0 aromatic rings. The molecule has 0 bridgehead atoms. The van der Waals surface area contributed by atoms with Crippen molar-refractivity contribution in [3.05, 3.63) is 12.2 Å². The third-order valence-corrected chi connectivity index (χ3v) is 3.50. The summed E-state index contributed by atoms with van der Waals surface area (Å²) in [6, 6.07) is -0.357. The second-order valence-electron chi connectivity index (χ2n) is 4.81. The maximum Gasteiger partial charge on any atom is 0.237 e. The minimum absolute atomic E-state index is 0. The van der Waals surface area contributed by atoms with E-state index in [1.165, 1.54) is 6.42 Å². The molecular formula is C13H25ClN2O. The summed E-state index contributed by atoms with van der Waals surface area (Å²) in [6.45, 7) is 4.85. The summed E-state index contributed by atoms with van der Waals surface area (Å²) in [5.74, 6) is 0.855. The number of amides is 1. The number of hydrogen-bond acceptors (Lipinski definition) is 2. The molecule has 0 saturated carbocycles. The Kier molecular flexibility index (Phi) is 8.26. The summed E-state index contributed by atoms with van der Waals surface area (Å²) in [5.41, 5.74) is 5.86. The fraction of sp³-hybridized carbons (Fsp3) is 0.769. The van der Waals surface area contributed by atoms with E-state index in [-0.39, 0.29) is 30.3 Å². The first-order valence-electron chi connectivity index (χ1n) is 6.33. The van der Waals surface area contributed by atoms with Gasteiger partial charge in [0.1, 0.15) is 0 Å². The van der Waals surface area contributed by atoms with Crippen molar-refractivity contribution in [1.82, 2.24) is 5.32 Å². The lowest BCUT2D eigenvalue weighted by molar-refractivity contribution is -0.123. The highest BCUT2D eigenvalue weighted by Crippen LogP contribution is 2.17. The van der Waals surface area contributed by atoms with Crippen LogP contribution in [-0.2, 0) is 4.79 Å². The summed E-state index contributed by atoms with van der Waals surface area (Å²) in [5, 5.41) is 2.97. The molecule has 1 aliphatic rings. The third-order valence-electron chi connectivity index (χ3n) is 3.50. The van der Waals surface area contributed by atoms with Crippen LogP contribution in [0.3, 0.4) is 0 Å². The lowest BCUT2D eigenvalue weighted by Crippen LogP contribution is -2.46. The number of hydrogen-bond donors (Lipinski definition) is 2. The number of carbonyl (C=O) groups is 1. The molecule has 3 N–H and O–H groups in total. The second kappa shape index (κ2) is 8.54. The molecule has 3 unspecified atom stereocenters. The van der Waals surface area contributed by atoms with Crippen molar-refractivity contribution in [2.75, 3.05) is 6.54 Å². The molecule has 1 rings (SSSR count). The maximum atomic E-state index is 11.7. The van der Waals surface area contributed by atoms with Crippen molar-refractivity contribution in [3.8, 4) is 0 Å². The number of allylic oxidation sites excluding steroid dienone is 2. The lowest BCUT2D eigenvalue weighted by atomic mass is 9.94.